The minimum atomic E-state index is -4.62. The number of nitrogens with zero attached hydrogens (tertiary/aromatic N) is 5. The average molecular weight is 383 g/mol. The summed E-state index contributed by atoms with van der Waals surface area (Å²) in [6, 6.07) is 2.25. The van der Waals surface area contributed by atoms with Crippen LogP contribution in [-0.2, 0) is 26.3 Å². The van der Waals surface area contributed by atoms with Crippen molar-refractivity contribution >= 4 is 0 Å². The minimum absolute atomic E-state index is 0.123. The summed E-state index contributed by atoms with van der Waals surface area (Å²) in [4.78, 5) is 29.4. The molecule has 1 saturated heterocycles. The van der Waals surface area contributed by atoms with Crippen molar-refractivity contribution in [2.75, 3.05) is 13.1 Å². The summed E-state index contributed by atoms with van der Waals surface area (Å²) in [5, 5.41) is 3.90. The molecule has 0 unspecified atom stereocenters. The third-order valence-corrected chi connectivity index (χ3v) is 4.81. The molecule has 0 bridgehead atoms. The molecule has 0 radical (unpaired) electrons. The number of hydrogen-bond acceptors (Lipinski definition) is 5. The number of rotatable bonds is 4. The van der Waals surface area contributed by atoms with E-state index in [4.69, 9.17) is 0 Å². The fraction of sp³-hybridized carbons (Fsp3) is 0.529. The van der Waals surface area contributed by atoms with Gasteiger partial charge < -0.3 is 0 Å². The van der Waals surface area contributed by atoms with Gasteiger partial charge in [-0.15, -0.1) is 0 Å². The Bertz CT molecular complexity index is 914. The van der Waals surface area contributed by atoms with Gasteiger partial charge in [0.15, 0.2) is 5.69 Å². The molecule has 0 N–H and O–H groups in total. The Hall–Kier alpha value is -2.49. The lowest BCUT2D eigenvalue weighted by Gasteiger charge is -2.32. The first-order valence-corrected chi connectivity index (χ1v) is 8.61. The van der Waals surface area contributed by atoms with Crippen molar-refractivity contribution in [3.05, 3.63) is 56.6 Å². The van der Waals surface area contributed by atoms with Gasteiger partial charge in [-0.2, -0.15) is 18.3 Å². The first-order valence-electron chi connectivity index (χ1n) is 8.61. The molecule has 0 amide bonds. The number of alkyl halides is 3. The highest BCUT2D eigenvalue weighted by Gasteiger charge is 2.33. The number of hydrogen-bond donors (Lipinski definition) is 0. The molecule has 10 heteroatoms. The van der Waals surface area contributed by atoms with Gasteiger partial charge in [0.25, 0.3) is 11.1 Å². The van der Waals surface area contributed by atoms with Crippen LogP contribution < -0.4 is 11.1 Å². The summed E-state index contributed by atoms with van der Waals surface area (Å²) in [5.41, 5.74) is -1.31. The highest BCUT2D eigenvalue weighted by Crippen LogP contribution is 2.26. The van der Waals surface area contributed by atoms with Gasteiger partial charge in [-0.25, -0.2) is 9.67 Å². The molecule has 3 rings (SSSR count). The molecule has 0 aromatic carbocycles. The van der Waals surface area contributed by atoms with E-state index in [0.29, 0.717) is 24.7 Å². The van der Waals surface area contributed by atoms with Crippen LogP contribution in [0.4, 0.5) is 13.2 Å². The molecule has 0 spiro atoms. The Kier molecular flexibility index (Phi) is 5.45. The standard InChI is InChI=1S/C17H20F3N5O2/c1-23-16(27)13(2-5-22-23)10-24-6-3-12(4-7-24)9-25-11-21-14(8-15(25)26)17(18,19)20/h2,5,8,11-12H,3-4,6-7,9-10H2,1H3. The largest absolute Gasteiger partial charge is 0.433 e. The van der Waals surface area contributed by atoms with Crippen molar-refractivity contribution in [1.29, 1.82) is 0 Å². The number of aromatic nitrogens is 4. The minimum Gasteiger partial charge on any atom is -0.299 e. The molecule has 0 atom stereocenters. The Balaban J connectivity index is 1.58. The number of halogens is 3. The number of piperidine rings is 1. The first-order chi connectivity index (χ1) is 12.7. The molecule has 27 heavy (non-hydrogen) atoms. The van der Waals surface area contributed by atoms with E-state index < -0.39 is 17.4 Å². The summed E-state index contributed by atoms with van der Waals surface area (Å²) in [6.07, 6.45) is -0.475. The van der Waals surface area contributed by atoms with E-state index in [1.165, 1.54) is 9.25 Å². The molecular formula is C17H20F3N5O2. The topological polar surface area (TPSA) is 73.0 Å². The Labute approximate surface area is 153 Å². The van der Waals surface area contributed by atoms with Crippen molar-refractivity contribution in [3.63, 3.8) is 0 Å². The van der Waals surface area contributed by atoms with Crippen LogP contribution in [0.1, 0.15) is 24.1 Å². The highest BCUT2D eigenvalue weighted by atomic mass is 19.4. The molecule has 0 aliphatic carbocycles. The van der Waals surface area contributed by atoms with E-state index in [9.17, 15) is 22.8 Å². The quantitative estimate of drug-likeness (QED) is 0.795. The average Bonchev–Trinajstić information content (AvgIpc) is 2.61. The highest BCUT2D eigenvalue weighted by molar-refractivity contribution is 5.07. The smallest absolute Gasteiger partial charge is 0.299 e. The molecule has 2 aromatic rings. The lowest BCUT2D eigenvalue weighted by molar-refractivity contribution is -0.141. The van der Waals surface area contributed by atoms with Crippen LogP contribution in [0.25, 0.3) is 0 Å². The van der Waals surface area contributed by atoms with Crippen LogP contribution in [0.3, 0.4) is 0 Å². The molecule has 2 aromatic heterocycles. The zero-order valence-electron chi connectivity index (χ0n) is 14.8. The maximum absolute atomic E-state index is 12.6. The van der Waals surface area contributed by atoms with Crippen molar-refractivity contribution in [3.8, 4) is 0 Å². The predicted molar refractivity (Wildman–Crippen MR) is 91.0 cm³/mol. The van der Waals surface area contributed by atoms with E-state index in [-0.39, 0.29) is 11.5 Å². The summed E-state index contributed by atoms with van der Waals surface area (Å²) < 4.78 is 40.3. The fourth-order valence-electron chi connectivity index (χ4n) is 3.24. The molecule has 3 heterocycles. The second-order valence-electron chi connectivity index (χ2n) is 6.77. The predicted octanol–water partition coefficient (Wildman–Crippen LogP) is 1.27. The van der Waals surface area contributed by atoms with Crippen molar-refractivity contribution in [2.45, 2.75) is 32.1 Å². The second-order valence-corrected chi connectivity index (χ2v) is 6.77. The molecule has 1 aliphatic rings. The summed E-state index contributed by atoms with van der Waals surface area (Å²) >= 11 is 0. The van der Waals surface area contributed by atoms with Gasteiger partial charge in [0.2, 0.25) is 0 Å². The van der Waals surface area contributed by atoms with Crippen molar-refractivity contribution in [2.24, 2.45) is 13.0 Å². The van der Waals surface area contributed by atoms with E-state index in [1.807, 2.05) is 0 Å². The zero-order chi connectivity index (χ0) is 19.6. The van der Waals surface area contributed by atoms with E-state index in [2.05, 4.69) is 15.0 Å². The van der Waals surface area contributed by atoms with Crippen molar-refractivity contribution in [1.82, 2.24) is 24.2 Å². The van der Waals surface area contributed by atoms with Crippen LogP contribution in [0.15, 0.2) is 34.2 Å². The van der Waals surface area contributed by atoms with E-state index in [0.717, 1.165) is 32.3 Å². The van der Waals surface area contributed by atoms with Gasteiger partial charge in [-0.05, 0) is 37.9 Å². The van der Waals surface area contributed by atoms with Gasteiger partial charge in [0.05, 0.1) is 6.33 Å². The van der Waals surface area contributed by atoms with Gasteiger partial charge >= 0.3 is 6.18 Å². The lowest BCUT2D eigenvalue weighted by atomic mass is 9.96. The SMILES string of the molecule is Cn1nccc(CN2CCC(Cn3cnc(C(F)(F)F)cc3=O)CC2)c1=O. The zero-order valence-corrected chi connectivity index (χ0v) is 14.8. The Morgan fingerprint density at radius 1 is 1.22 bits per heavy atom. The number of likely N-dealkylation sites (tertiary alicyclic amines) is 1. The Morgan fingerprint density at radius 3 is 2.56 bits per heavy atom. The molecule has 146 valence electrons. The Morgan fingerprint density at radius 2 is 1.93 bits per heavy atom. The molecule has 1 aliphatic heterocycles. The van der Waals surface area contributed by atoms with Crippen LogP contribution in [-0.4, -0.2) is 37.3 Å². The third kappa shape index (κ3) is 4.62. The summed E-state index contributed by atoms with van der Waals surface area (Å²) in [5.74, 6) is 0.178. The molecule has 0 saturated carbocycles. The third-order valence-electron chi connectivity index (χ3n) is 4.81. The maximum Gasteiger partial charge on any atom is 0.433 e. The fourth-order valence-corrected chi connectivity index (χ4v) is 3.24. The van der Waals surface area contributed by atoms with E-state index in [1.54, 1.807) is 19.3 Å². The molecule has 1 fully saturated rings. The first kappa shape index (κ1) is 19.3. The summed E-state index contributed by atoms with van der Waals surface area (Å²) in [6.45, 7) is 2.37. The molecule has 7 nitrogen and oxygen atoms in total. The maximum atomic E-state index is 12.6. The summed E-state index contributed by atoms with van der Waals surface area (Å²) in [7, 11) is 1.61. The van der Waals surface area contributed by atoms with Crippen LogP contribution in [0.5, 0.6) is 0 Å². The monoisotopic (exact) mass is 383 g/mol. The number of aryl methyl sites for hydroxylation is 1. The van der Waals surface area contributed by atoms with Gasteiger partial charge in [0, 0.05) is 38.0 Å². The normalized spacial score (nSPS) is 16.6. The van der Waals surface area contributed by atoms with Crippen LogP contribution >= 0.6 is 0 Å². The lowest BCUT2D eigenvalue weighted by Crippen LogP contribution is -2.37. The van der Waals surface area contributed by atoms with Crippen LogP contribution in [0.2, 0.25) is 0 Å². The van der Waals surface area contributed by atoms with Gasteiger partial charge in [0.1, 0.15) is 0 Å². The van der Waals surface area contributed by atoms with Crippen molar-refractivity contribution < 1.29 is 13.2 Å². The van der Waals surface area contributed by atoms with E-state index >= 15 is 0 Å². The van der Waals surface area contributed by atoms with Crippen LogP contribution in [0, 0.1) is 5.92 Å². The molecular weight excluding hydrogens is 363 g/mol. The second kappa shape index (κ2) is 7.63. The van der Waals surface area contributed by atoms with Gasteiger partial charge in [-0.3, -0.25) is 19.1 Å². The van der Waals surface area contributed by atoms with Gasteiger partial charge in [-0.1, -0.05) is 0 Å².